The Labute approximate surface area is 176 Å². The second kappa shape index (κ2) is 11.5. The fourth-order valence-corrected chi connectivity index (χ4v) is 2.68. The van der Waals surface area contributed by atoms with Gasteiger partial charge in [0.1, 0.15) is 23.9 Å². The number of carbonyl (C=O) groups is 1. The predicted molar refractivity (Wildman–Crippen MR) is 119 cm³/mol. The molecule has 0 aliphatic heterocycles. The van der Waals surface area contributed by atoms with Gasteiger partial charge < -0.3 is 24.8 Å². The van der Waals surface area contributed by atoms with E-state index < -0.39 is 0 Å². The van der Waals surface area contributed by atoms with Crippen molar-refractivity contribution in [2.45, 2.75) is 6.92 Å². The zero-order chi connectivity index (χ0) is 21.0. The molecule has 6 heteroatoms. The number of rotatable bonds is 11. The van der Waals surface area contributed by atoms with Crippen LogP contribution in [-0.2, 0) is 9.53 Å². The van der Waals surface area contributed by atoms with Gasteiger partial charge >= 0.3 is 0 Å². The van der Waals surface area contributed by atoms with Gasteiger partial charge in [0.2, 0.25) is 5.91 Å². The van der Waals surface area contributed by atoms with E-state index in [-0.39, 0.29) is 12.5 Å². The Kier molecular flexibility index (Phi) is 8.12. The third kappa shape index (κ3) is 7.14. The Bertz CT molecular complexity index is 914. The Morgan fingerprint density at radius 3 is 2.30 bits per heavy atom. The first-order chi connectivity index (χ1) is 14.7. The van der Waals surface area contributed by atoms with Gasteiger partial charge in [-0.1, -0.05) is 24.3 Å². The summed E-state index contributed by atoms with van der Waals surface area (Å²) in [5.41, 5.74) is 1.51. The second-order valence-corrected chi connectivity index (χ2v) is 6.41. The molecule has 0 unspecified atom stereocenters. The van der Waals surface area contributed by atoms with Crippen LogP contribution in [0.25, 0.3) is 0 Å². The SMILES string of the molecule is CCOCCOc1cccc(NCC(=O)Nc2ccc(Oc3ccccc3)cc2)c1. The van der Waals surface area contributed by atoms with Gasteiger partial charge in [0, 0.05) is 24.0 Å². The van der Waals surface area contributed by atoms with Crippen molar-refractivity contribution in [3.8, 4) is 17.2 Å². The summed E-state index contributed by atoms with van der Waals surface area (Å²) in [5.74, 6) is 2.06. The quantitative estimate of drug-likeness (QED) is 0.441. The molecule has 0 radical (unpaired) electrons. The largest absolute Gasteiger partial charge is 0.491 e. The predicted octanol–water partition coefficient (Wildman–Crippen LogP) is 4.94. The van der Waals surface area contributed by atoms with Gasteiger partial charge in [0.25, 0.3) is 0 Å². The number of hydrogen-bond acceptors (Lipinski definition) is 5. The van der Waals surface area contributed by atoms with E-state index in [2.05, 4.69) is 10.6 Å². The number of amides is 1. The number of carbonyl (C=O) groups excluding carboxylic acids is 1. The molecule has 30 heavy (non-hydrogen) atoms. The Morgan fingerprint density at radius 2 is 1.53 bits per heavy atom. The molecule has 0 atom stereocenters. The van der Waals surface area contributed by atoms with E-state index >= 15 is 0 Å². The molecule has 2 N–H and O–H groups in total. The number of nitrogens with one attached hydrogen (secondary N) is 2. The number of benzene rings is 3. The summed E-state index contributed by atoms with van der Waals surface area (Å²) in [6.45, 7) is 3.80. The maximum absolute atomic E-state index is 12.2. The maximum atomic E-state index is 12.2. The van der Waals surface area contributed by atoms with Gasteiger partial charge in [-0.2, -0.15) is 0 Å². The lowest BCUT2D eigenvalue weighted by atomic mass is 10.3. The van der Waals surface area contributed by atoms with Crippen molar-refractivity contribution in [3.63, 3.8) is 0 Å². The molecule has 0 fully saturated rings. The van der Waals surface area contributed by atoms with Crippen molar-refractivity contribution >= 4 is 17.3 Å². The van der Waals surface area contributed by atoms with E-state index in [4.69, 9.17) is 14.2 Å². The molecule has 0 bridgehead atoms. The second-order valence-electron chi connectivity index (χ2n) is 6.41. The molecule has 0 heterocycles. The molecule has 156 valence electrons. The van der Waals surface area contributed by atoms with Crippen molar-refractivity contribution < 1.29 is 19.0 Å². The van der Waals surface area contributed by atoms with E-state index in [1.807, 2.05) is 85.8 Å². The minimum Gasteiger partial charge on any atom is -0.491 e. The highest BCUT2D eigenvalue weighted by molar-refractivity contribution is 5.93. The van der Waals surface area contributed by atoms with Crippen molar-refractivity contribution in [2.75, 3.05) is 37.0 Å². The summed E-state index contributed by atoms with van der Waals surface area (Å²) in [4.78, 5) is 12.2. The molecule has 3 rings (SSSR count). The molecule has 1 amide bonds. The molecule has 0 aliphatic carbocycles. The van der Waals surface area contributed by atoms with Crippen molar-refractivity contribution in [1.29, 1.82) is 0 Å². The van der Waals surface area contributed by atoms with E-state index in [9.17, 15) is 4.79 Å². The molecule has 0 saturated carbocycles. The topological polar surface area (TPSA) is 68.8 Å². The lowest BCUT2D eigenvalue weighted by Crippen LogP contribution is -2.21. The van der Waals surface area contributed by atoms with E-state index in [1.54, 1.807) is 0 Å². The van der Waals surface area contributed by atoms with Crippen LogP contribution in [0.15, 0.2) is 78.9 Å². The Morgan fingerprint density at radius 1 is 0.800 bits per heavy atom. The van der Waals surface area contributed by atoms with Crippen molar-refractivity contribution in [2.24, 2.45) is 0 Å². The molecule has 3 aromatic carbocycles. The number of anilines is 2. The lowest BCUT2D eigenvalue weighted by molar-refractivity contribution is -0.114. The van der Waals surface area contributed by atoms with Gasteiger partial charge in [0.15, 0.2) is 0 Å². The van der Waals surface area contributed by atoms with Crippen LogP contribution in [0.3, 0.4) is 0 Å². The van der Waals surface area contributed by atoms with E-state index in [1.165, 1.54) is 0 Å². The van der Waals surface area contributed by atoms with E-state index in [0.717, 1.165) is 17.2 Å². The first kappa shape index (κ1) is 21.2. The summed E-state index contributed by atoms with van der Waals surface area (Å²) < 4.78 is 16.6. The van der Waals surface area contributed by atoms with Crippen LogP contribution in [0.5, 0.6) is 17.2 Å². The van der Waals surface area contributed by atoms with Crippen molar-refractivity contribution in [1.82, 2.24) is 0 Å². The van der Waals surface area contributed by atoms with Gasteiger partial charge in [-0.3, -0.25) is 4.79 Å². The number of ether oxygens (including phenoxy) is 3. The molecular weight excluding hydrogens is 380 g/mol. The van der Waals surface area contributed by atoms with Gasteiger partial charge in [-0.05, 0) is 55.5 Å². The van der Waals surface area contributed by atoms with Gasteiger partial charge in [0.05, 0.1) is 13.2 Å². The molecular formula is C24H26N2O4. The molecule has 0 saturated heterocycles. The average Bonchev–Trinajstić information content (AvgIpc) is 2.78. The molecule has 6 nitrogen and oxygen atoms in total. The third-order valence-electron chi connectivity index (χ3n) is 4.10. The van der Waals surface area contributed by atoms with Gasteiger partial charge in [-0.15, -0.1) is 0 Å². The van der Waals surface area contributed by atoms with Crippen LogP contribution in [0.4, 0.5) is 11.4 Å². The lowest BCUT2D eigenvalue weighted by Gasteiger charge is -2.11. The molecule has 3 aromatic rings. The highest BCUT2D eigenvalue weighted by Gasteiger charge is 2.04. The van der Waals surface area contributed by atoms with Crippen LogP contribution in [0, 0.1) is 0 Å². The highest BCUT2D eigenvalue weighted by atomic mass is 16.5. The summed E-state index contributed by atoms with van der Waals surface area (Å²) in [5, 5.41) is 5.96. The molecule has 0 aliphatic rings. The summed E-state index contributed by atoms with van der Waals surface area (Å²) in [6.07, 6.45) is 0. The summed E-state index contributed by atoms with van der Waals surface area (Å²) >= 11 is 0. The minimum atomic E-state index is -0.144. The minimum absolute atomic E-state index is 0.144. The number of para-hydroxylation sites is 1. The van der Waals surface area contributed by atoms with Gasteiger partial charge in [-0.25, -0.2) is 0 Å². The first-order valence-corrected chi connectivity index (χ1v) is 9.90. The number of hydrogen-bond donors (Lipinski definition) is 2. The maximum Gasteiger partial charge on any atom is 0.243 e. The van der Waals surface area contributed by atoms with Crippen molar-refractivity contribution in [3.05, 3.63) is 78.9 Å². The highest BCUT2D eigenvalue weighted by Crippen LogP contribution is 2.22. The van der Waals surface area contributed by atoms with Crippen LogP contribution in [-0.4, -0.2) is 32.3 Å². The monoisotopic (exact) mass is 406 g/mol. The summed E-state index contributed by atoms with van der Waals surface area (Å²) in [6, 6.07) is 24.3. The Balaban J connectivity index is 1.44. The van der Waals surface area contributed by atoms with Crippen LogP contribution < -0.4 is 20.1 Å². The standard InChI is InChI=1S/C24H26N2O4/c1-2-28-15-16-29-23-10-6-7-20(17-23)25-18-24(27)26-19-11-13-22(14-12-19)30-21-8-4-3-5-9-21/h3-14,17,25H,2,15-16,18H2,1H3,(H,26,27). The fraction of sp³-hybridized carbons (Fsp3) is 0.208. The smallest absolute Gasteiger partial charge is 0.243 e. The Hall–Kier alpha value is -3.51. The zero-order valence-electron chi connectivity index (χ0n) is 17.0. The summed E-state index contributed by atoms with van der Waals surface area (Å²) in [7, 11) is 0. The molecule has 0 aromatic heterocycles. The first-order valence-electron chi connectivity index (χ1n) is 9.90. The van der Waals surface area contributed by atoms with Crippen LogP contribution >= 0.6 is 0 Å². The zero-order valence-corrected chi connectivity index (χ0v) is 17.0. The normalized spacial score (nSPS) is 10.3. The fourth-order valence-electron chi connectivity index (χ4n) is 2.68. The third-order valence-corrected chi connectivity index (χ3v) is 4.10. The van der Waals surface area contributed by atoms with Crippen LogP contribution in [0.2, 0.25) is 0 Å². The van der Waals surface area contributed by atoms with E-state index in [0.29, 0.717) is 31.3 Å². The average molecular weight is 406 g/mol. The van der Waals surface area contributed by atoms with Crippen LogP contribution in [0.1, 0.15) is 6.92 Å². The molecule has 0 spiro atoms.